The molecule has 1 aliphatic rings. The molecule has 3 N–H and O–H groups in total. The molecule has 39 heavy (non-hydrogen) atoms. The van der Waals surface area contributed by atoms with Crippen LogP contribution in [-0.2, 0) is 20.7 Å². The van der Waals surface area contributed by atoms with Crippen LogP contribution in [0.1, 0.15) is 111 Å². The first-order valence-electron chi connectivity index (χ1n) is 14.7. The van der Waals surface area contributed by atoms with Crippen molar-refractivity contribution in [2.75, 3.05) is 6.61 Å². The van der Waals surface area contributed by atoms with E-state index in [-0.39, 0.29) is 18.0 Å². The summed E-state index contributed by atoms with van der Waals surface area (Å²) in [6.45, 7) is 12.8. The van der Waals surface area contributed by atoms with Gasteiger partial charge in [0, 0.05) is 12.1 Å². The molecule has 220 valence electrons. The summed E-state index contributed by atoms with van der Waals surface area (Å²) in [6, 6.07) is 5.40. The quantitative estimate of drug-likeness (QED) is 0.331. The zero-order valence-corrected chi connectivity index (χ0v) is 25.1. The van der Waals surface area contributed by atoms with E-state index in [0.717, 1.165) is 44.1 Å². The summed E-state index contributed by atoms with van der Waals surface area (Å²) in [5, 5.41) is 16.0. The number of aryl methyl sites for hydroxylation is 1. The lowest BCUT2D eigenvalue weighted by Gasteiger charge is -2.39. The fourth-order valence-electron chi connectivity index (χ4n) is 5.03. The Hall–Kier alpha value is -2.61. The molecule has 3 amide bonds. The van der Waals surface area contributed by atoms with E-state index in [1.807, 2.05) is 31.2 Å². The summed E-state index contributed by atoms with van der Waals surface area (Å²) in [6.07, 6.45) is 6.75. The normalized spacial score (nSPS) is 16.7. The molecule has 3 atom stereocenters. The Kier molecular flexibility index (Phi) is 12.7. The van der Waals surface area contributed by atoms with Gasteiger partial charge >= 0.3 is 6.09 Å². The molecule has 0 spiro atoms. The molecule has 0 aliphatic heterocycles. The van der Waals surface area contributed by atoms with Crippen LogP contribution in [0.15, 0.2) is 24.3 Å². The molecule has 8 nitrogen and oxygen atoms in total. The largest absolute Gasteiger partial charge is 0.444 e. The fourth-order valence-corrected chi connectivity index (χ4v) is 5.03. The van der Waals surface area contributed by atoms with E-state index in [1.54, 1.807) is 25.7 Å². The average Bonchev–Trinajstić information content (AvgIpc) is 2.88. The molecule has 1 aromatic rings. The summed E-state index contributed by atoms with van der Waals surface area (Å²) in [5.41, 5.74) is 1.08. The Morgan fingerprint density at radius 1 is 1.03 bits per heavy atom. The Labute approximate surface area is 235 Å². The Balaban J connectivity index is 2.49. The predicted molar refractivity (Wildman–Crippen MR) is 154 cm³/mol. The van der Waals surface area contributed by atoms with Crippen LogP contribution in [0, 0.1) is 5.92 Å². The number of nitrogens with one attached hydrogen (secondary N) is 2. The molecule has 0 saturated heterocycles. The van der Waals surface area contributed by atoms with Crippen LogP contribution < -0.4 is 10.6 Å². The van der Waals surface area contributed by atoms with Crippen molar-refractivity contribution in [3.8, 4) is 0 Å². The minimum absolute atomic E-state index is 0.0696. The first-order valence-corrected chi connectivity index (χ1v) is 14.7. The number of hydrogen-bond donors (Lipinski definition) is 3. The standard InChI is InChI=1S/C31H51N3O5/c1-8-23-16-18-24(19-17-23)27(28(36)32-25-12-10-9-11-13-25)34(22(4)15-14-21(2)3)29(37)26(20-35)33-30(38)39-31(5,6)7/h16-19,21-22,25-27,35H,8-15,20H2,1-7H3,(H,32,36)(H,33,38). The third-order valence-electron chi connectivity index (χ3n) is 7.24. The number of alkyl carbamates (subject to hydrolysis) is 1. The minimum Gasteiger partial charge on any atom is -0.444 e. The summed E-state index contributed by atoms with van der Waals surface area (Å²) in [5.74, 6) is -0.330. The highest BCUT2D eigenvalue weighted by molar-refractivity contribution is 5.92. The second-order valence-electron chi connectivity index (χ2n) is 12.3. The van der Waals surface area contributed by atoms with Crippen molar-refractivity contribution < 1.29 is 24.2 Å². The van der Waals surface area contributed by atoms with Crippen molar-refractivity contribution in [3.63, 3.8) is 0 Å². The number of ether oxygens (including phenoxy) is 1. The second kappa shape index (κ2) is 15.2. The maximum atomic E-state index is 14.1. The zero-order chi connectivity index (χ0) is 29.2. The molecule has 1 aliphatic carbocycles. The van der Waals surface area contributed by atoms with Gasteiger partial charge in [-0.2, -0.15) is 0 Å². The van der Waals surface area contributed by atoms with Gasteiger partial charge in [0.15, 0.2) is 0 Å². The van der Waals surface area contributed by atoms with E-state index in [0.29, 0.717) is 17.9 Å². The molecule has 0 aromatic heterocycles. The fraction of sp³-hybridized carbons (Fsp3) is 0.710. The minimum atomic E-state index is -1.25. The van der Waals surface area contributed by atoms with Gasteiger partial charge in [0.2, 0.25) is 11.8 Å². The number of aliphatic hydroxyl groups excluding tert-OH is 1. The van der Waals surface area contributed by atoms with E-state index in [9.17, 15) is 19.5 Å². The average molecular weight is 546 g/mol. The molecular formula is C31H51N3O5. The van der Waals surface area contributed by atoms with Crippen LogP contribution in [-0.4, -0.2) is 58.2 Å². The number of hydrogen-bond acceptors (Lipinski definition) is 5. The predicted octanol–water partition coefficient (Wildman–Crippen LogP) is 5.28. The van der Waals surface area contributed by atoms with Crippen LogP contribution in [0.25, 0.3) is 0 Å². The van der Waals surface area contributed by atoms with Crippen LogP contribution in [0.2, 0.25) is 0 Å². The highest BCUT2D eigenvalue weighted by atomic mass is 16.6. The van der Waals surface area contributed by atoms with Crippen molar-refractivity contribution in [2.24, 2.45) is 5.92 Å². The van der Waals surface area contributed by atoms with Crippen LogP contribution in [0.3, 0.4) is 0 Å². The van der Waals surface area contributed by atoms with Gasteiger partial charge < -0.3 is 25.4 Å². The lowest BCUT2D eigenvalue weighted by molar-refractivity contribution is -0.146. The smallest absolute Gasteiger partial charge is 0.408 e. The molecule has 0 bridgehead atoms. The number of carbonyl (C=O) groups is 3. The third kappa shape index (κ3) is 10.5. The maximum Gasteiger partial charge on any atom is 0.408 e. The van der Waals surface area contributed by atoms with E-state index in [2.05, 4.69) is 31.4 Å². The highest BCUT2D eigenvalue weighted by Gasteiger charge is 2.39. The molecule has 1 saturated carbocycles. The van der Waals surface area contributed by atoms with E-state index in [1.165, 1.54) is 6.42 Å². The first-order chi connectivity index (χ1) is 18.4. The number of carbonyl (C=O) groups excluding carboxylic acids is 3. The monoisotopic (exact) mass is 545 g/mol. The van der Waals surface area contributed by atoms with Crippen LogP contribution in [0.5, 0.6) is 0 Å². The summed E-state index contributed by atoms with van der Waals surface area (Å²) in [4.78, 5) is 42.2. The third-order valence-corrected chi connectivity index (χ3v) is 7.24. The molecule has 2 rings (SSSR count). The van der Waals surface area contributed by atoms with Crippen molar-refractivity contribution in [2.45, 2.75) is 130 Å². The molecule has 8 heteroatoms. The van der Waals surface area contributed by atoms with E-state index in [4.69, 9.17) is 4.74 Å². The van der Waals surface area contributed by atoms with E-state index < -0.39 is 36.3 Å². The Morgan fingerprint density at radius 3 is 2.15 bits per heavy atom. The Morgan fingerprint density at radius 2 is 1.64 bits per heavy atom. The summed E-state index contributed by atoms with van der Waals surface area (Å²) >= 11 is 0. The van der Waals surface area contributed by atoms with Gasteiger partial charge in [0.1, 0.15) is 17.7 Å². The van der Waals surface area contributed by atoms with E-state index >= 15 is 0 Å². The molecule has 0 radical (unpaired) electrons. The molecular weight excluding hydrogens is 494 g/mol. The lowest BCUT2D eigenvalue weighted by atomic mass is 9.93. The molecule has 0 heterocycles. The summed E-state index contributed by atoms with van der Waals surface area (Å²) < 4.78 is 5.35. The van der Waals surface area contributed by atoms with Crippen molar-refractivity contribution in [1.82, 2.24) is 15.5 Å². The maximum absolute atomic E-state index is 14.1. The van der Waals surface area contributed by atoms with Gasteiger partial charge in [0.05, 0.1) is 6.61 Å². The number of rotatable bonds is 12. The van der Waals surface area contributed by atoms with Crippen LogP contribution >= 0.6 is 0 Å². The van der Waals surface area contributed by atoms with Crippen molar-refractivity contribution in [3.05, 3.63) is 35.4 Å². The number of aliphatic hydroxyl groups is 1. The number of amides is 3. The molecule has 1 aromatic carbocycles. The first kappa shape index (κ1) is 32.6. The van der Waals surface area contributed by atoms with Gasteiger partial charge in [-0.15, -0.1) is 0 Å². The van der Waals surface area contributed by atoms with Gasteiger partial charge in [-0.25, -0.2) is 4.79 Å². The Bertz CT molecular complexity index is 919. The van der Waals surface area contributed by atoms with Crippen LogP contribution in [0.4, 0.5) is 4.79 Å². The molecule has 3 unspecified atom stereocenters. The summed E-state index contributed by atoms with van der Waals surface area (Å²) in [7, 11) is 0. The second-order valence-corrected chi connectivity index (χ2v) is 12.3. The van der Waals surface area contributed by atoms with Gasteiger partial charge in [-0.1, -0.05) is 64.3 Å². The van der Waals surface area contributed by atoms with Crippen molar-refractivity contribution in [1.29, 1.82) is 0 Å². The van der Waals surface area contributed by atoms with Crippen molar-refractivity contribution >= 4 is 17.9 Å². The molecule has 1 fully saturated rings. The van der Waals surface area contributed by atoms with Gasteiger partial charge in [-0.05, 0) is 76.8 Å². The van der Waals surface area contributed by atoms with Gasteiger partial charge in [0.25, 0.3) is 0 Å². The number of benzene rings is 1. The van der Waals surface area contributed by atoms with Gasteiger partial charge in [-0.3, -0.25) is 9.59 Å². The topological polar surface area (TPSA) is 108 Å². The number of nitrogens with zero attached hydrogens (tertiary/aromatic N) is 1. The zero-order valence-electron chi connectivity index (χ0n) is 25.1. The SMILES string of the molecule is CCc1ccc(C(C(=O)NC2CCCCC2)N(C(=O)C(CO)NC(=O)OC(C)(C)C)C(C)CCC(C)C)cc1. The lowest BCUT2D eigenvalue weighted by Crippen LogP contribution is -2.57. The highest BCUT2D eigenvalue weighted by Crippen LogP contribution is 2.29.